The van der Waals surface area contributed by atoms with Gasteiger partial charge in [-0.25, -0.2) is 4.79 Å². The van der Waals surface area contributed by atoms with Gasteiger partial charge in [0.25, 0.3) is 0 Å². The third kappa shape index (κ3) is 7.00. The first-order valence-electron chi connectivity index (χ1n) is 11.9. The SMILES string of the molecule is O=C(CN(C(=O)Nc1c(Cl)cccc1Cl)C1CCCCC1)N(Cc1ccccc1)Cc1cccs1. The number of thiophene rings is 1. The Morgan fingerprint density at radius 1 is 0.886 bits per heavy atom. The summed E-state index contributed by atoms with van der Waals surface area (Å²) in [6.45, 7) is 0.979. The summed E-state index contributed by atoms with van der Waals surface area (Å²) in [5.41, 5.74) is 1.42. The fourth-order valence-corrected chi connectivity index (χ4v) is 5.64. The van der Waals surface area contributed by atoms with E-state index in [2.05, 4.69) is 5.32 Å². The van der Waals surface area contributed by atoms with Crippen LogP contribution >= 0.6 is 34.5 Å². The summed E-state index contributed by atoms with van der Waals surface area (Å²) in [5, 5.41) is 5.61. The van der Waals surface area contributed by atoms with Crippen molar-refractivity contribution in [3.8, 4) is 0 Å². The van der Waals surface area contributed by atoms with Crippen LogP contribution in [0.2, 0.25) is 10.0 Å². The first-order valence-corrected chi connectivity index (χ1v) is 13.5. The van der Waals surface area contributed by atoms with Crippen molar-refractivity contribution in [1.82, 2.24) is 9.80 Å². The van der Waals surface area contributed by atoms with E-state index in [-0.39, 0.29) is 24.5 Å². The van der Waals surface area contributed by atoms with E-state index < -0.39 is 0 Å². The molecule has 1 heterocycles. The molecule has 1 aromatic heterocycles. The molecule has 1 N–H and O–H groups in total. The zero-order valence-electron chi connectivity index (χ0n) is 19.5. The predicted octanol–water partition coefficient (Wildman–Crippen LogP) is 7.45. The molecule has 184 valence electrons. The van der Waals surface area contributed by atoms with Crippen molar-refractivity contribution >= 4 is 52.2 Å². The largest absolute Gasteiger partial charge is 0.332 e. The number of anilines is 1. The normalized spacial score (nSPS) is 13.9. The number of halogens is 2. The van der Waals surface area contributed by atoms with E-state index in [0.29, 0.717) is 28.8 Å². The second-order valence-corrected chi connectivity index (χ2v) is 10.6. The van der Waals surface area contributed by atoms with Crippen LogP contribution in [0.25, 0.3) is 0 Å². The van der Waals surface area contributed by atoms with Gasteiger partial charge in [-0.2, -0.15) is 0 Å². The van der Waals surface area contributed by atoms with Crippen molar-refractivity contribution in [1.29, 1.82) is 0 Å². The van der Waals surface area contributed by atoms with Gasteiger partial charge >= 0.3 is 6.03 Å². The van der Waals surface area contributed by atoms with Crippen LogP contribution in [0.15, 0.2) is 66.0 Å². The Hall–Kier alpha value is -2.54. The number of nitrogens with zero attached hydrogens (tertiary/aromatic N) is 2. The van der Waals surface area contributed by atoms with Crippen LogP contribution in [-0.2, 0) is 17.9 Å². The van der Waals surface area contributed by atoms with Crippen molar-refractivity contribution in [2.24, 2.45) is 0 Å². The molecule has 8 heteroatoms. The molecule has 3 aromatic rings. The number of amides is 3. The van der Waals surface area contributed by atoms with Crippen molar-refractivity contribution < 1.29 is 9.59 Å². The highest BCUT2D eigenvalue weighted by Gasteiger charge is 2.30. The maximum atomic E-state index is 13.7. The first-order chi connectivity index (χ1) is 17.0. The molecule has 35 heavy (non-hydrogen) atoms. The molecule has 5 nitrogen and oxygen atoms in total. The van der Waals surface area contributed by atoms with Gasteiger partial charge in [0, 0.05) is 17.5 Å². The van der Waals surface area contributed by atoms with E-state index >= 15 is 0 Å². The number of rotatable bonds is 8. The third-order valence-corrected chi connectivity index (χ3v) is 7.76. The summed E-state index contributed by atoms with van der Waals surface area (Å²) in [5.74, 6) is -0.0896. The average Bonchev–Trinajstić information content (AvgIpc) is 3.38. The van der Waals surface area contributed by atoms with Crippen LogP contribution in [0.5, 0.6) is 0 Å². The number of carbonyl (C=O) groups excluding carboxylic acids is 2. The third-order valence-electron chi connectivity index (χ3n) is 6.27. The molecule has 0 spiro atoms. The van der Waals surface area contributed by atoms with Crippen molar-refractivity contribution in [2.75, 3.05) is 11.9 Å². The van der Waals surface area contributed by atoms with Crippen molar-refractivity contribution in [2.45, 2.75) is 51.2 Å². The summed E-state index contributed by atoms with van der Waals surface area (Å²) in [7, 11) is 0. The fourth-order valence-electron chi connectivity index (χ4n) is 4.43. The molecule has 4 rings (SSSR count). The smallest absolute Gasteiger partial charge is 0.322 e. The molecular weight excluding hydrogens is 501 g/mol. The van der Waals surface area contributed by atoms with Crippen LogP contribution in [0.3, 0.4) is 0 Å². The molecule has 1 saturated carbocycles. The Labute approximate surface area is 220 Å². The number of carbonyl (C=O) groups is 2. The van der Waals surface area contributed by atoms with E-state index in [4.69, 9.17) is 23.2 Å². The van der Waals surface area contributed by atoms with Gasteiger partial charge < -0.3 is 15.1 Å². The van der Waals surface area contributed by atoms with Crippen molar-refractivity contribution in [3.05, 3.63) is 86.5 Å². The zero-order chi connectivity index (χ0) is 24.6. The molecule has 1 aliphatic carbocycles. The lowest BCUT2D eigenvalue weighted by atomic mass is 9.94. The number of hydrogen-bond acceptors (Lipinski definition) is 3. The number of hydrogen-bond donors (Lipinski definition) is 1. The summed E-state index contributed by atoms with van der Waals surface area (Å²) in [4.78, 5) is 31.8. The highest BCUT2D eigenvalue weighted by atomic mass is 35.5. The maximum absolute atomic E-state index is 13.7. The average molecular weight is 531 g/mol. The number of nitrogens with one attached hydrogen (secondary N) is 1. The highest BCUT2D eigenvalue weighted by Crippen LogP contribution is 2.31. The molecule has 1 fully saturated rings. The summed E-state index contributed by atoms with van der Waals surface area (Å²) < 4.78 is 0. The monoisotopic (exact) mass is 529 g/mol. The minimum absolute atomic E-state index is 0.00319. The minimum Gasteiger partial charge on any atom is -0.332 e. The number of para-hydroxylation sites is 1. The Kier molecular flexibility index (Phi) is 9.07. The van der Waals surface area contributed by atoms with E-state index in [1.54, 1.807) is 34.4 Å². The lowest BCUT2D eigenvalue weighted by Gasteiger charge is -2.35. The molecule has 1 aliphatic rings. The Morgan fingerprint density at radius 3 is 2.26 bits per heavy atom. The fraction of sp³-hybridized carbons (Fsp3) is 0.333. The molecule has 0 bridgehead atoms. The summed E-state index contributed by atoms with van der Waals surface area (Å²) in [6.07, 6.45) is 4.98. The van der Waals surface area contributed by atoms with Crippen LogP contribution in [-0.4, -0.2) is 34.3 Å². The molecule has 0 atom stereocenters. The van der Waals surface area contributed by atoms with Crippen LogP contribution in [0, 0.1) is 0 Å². The maximum Gasteiger partial charge on any atom is 0.322 e. The Morgan fingerprint density at radius 2 is 1.60 bits per heavy atom. The van der Waals surface area contributed by atoms with Crippen LogP contribution in [0.1, 0.15) is 42.5 Å². The molecule has 2 aromatic carbocycles. The van der Waals surface area contributed by atoms with Crippen molar-refractivity contribution in [3.63, 3.8) is 0 Å². The Bertz CT molecular complexity index is 1100. The van der Waals surface area contributed by atoms with E-state index in [0.717, 1.165) is 42.5 Å². The molecule has 3 amide bonds. The second kappa shape index (κ2) is 12.4. The standard InChI is InChI=1S/C27H29Cl2N3O2S/c28-23-14-7-15-24(29)26(23)30-27(34)32(21-11-5-2-6-12-21)19-25(33)31(18-22-13-8-16-35-22)17-20-9-3-1-4-10-20/h1,3-4,7-10,13-16,21H,2,5-6,11-12,17-19H2,(H,30,34). The quantitative estimate of drug-likeness (QED) is 0.329. The second-order valence-electron chi connectivity index (χ2n) is 8.76. The van der Waals surface area contributed by atoms with Gasteiger partial charge in [0.15, 0.2) is 0 Å². The van der Waals surface area contributed by atoms with Gasteiger partial charge in [0.1, 0.15) is 6.54 Å². The summed E-state index contributed by atoms with van der Waals surface area (Å²) >= 11 is 14.2. The highest BCUT2D eigenvalue weighted by molar-refractivity contribution is 7.09. The van der Waals surface area contributed by atoms with Gasteiger partial charge in [-0.1, -0.05) is 84.9 Å². The first kappa shape index (κ1) is 25.5. The van der Waals surface area contributed by atoms with E-state index in [1.807, 2.05) is 52.7 Å². The molecule has 0 unspecified atom stereocenters. The molecule has 0 aliphatic heterocycles. The topological polar surface area (TPSA) is 52.7 Å². The van der Waals surface area contributed by atoms with E-state index in [9.17, 15) is 9.59 Å². The number of urea groups is 1. The van der Waals surface area contributed by atoms with Gasteiger partial charge in [0.05, 0.1) is 22.3 Å². The zero-order valence-corrected chi connectivity index (χ0v) is 21.8. The lowest BCUT2D eigenvalue weighted by Crippen LogP contribution is -2.49. The van der Waals surface area contributed by atoms with Gasteiger partial charge in [-0.05, 0) is 42.0 Å². The molecule has 0 radical (unpaired) electrons. The lowest BCUT2D eigenvalue weighted by molar-refractivity contribution is -0.133. The van der Waals surface area contributed by atoms with Gasteiger partial charge in [-0.15, -0.1) is 11.3 Å². The molecule has 0 saturated heterocycles. The van der Waals surface area contributed by atoms with Gasteiger partial charge in [-0.3, -0.25) is 4.79 Å². The minimum atomic E-state index is -0.351. The Balaban J connectivity index is 1.55. The van der Waals surface area contributed by atoms with Crippen LogP contribution < -0.4 is 5.32 Å². The molecular formula is C27H29Cl2N3O2S. The van der Waals surface area contributed by atoms with Crippen LogP contribution in [0.4, 0.5) is 10.5 Å². The predicted molar refractivity (Wildman–Crippen MR) is 144 cm³/mol. The summed E-state index contributed by atoms with van der Waals surface area (Å²) in [6, 6.07) is 18.7. The van der Waals surface area contributed by atoms with E-state index in [1.165, 1.54) is 0 Å². The number of benzene rings is 2. The van der Waals surface area contributed by atoms with Gasteiger partial charge in [0.2, 0.25) is 5.91 Å².